The number of nitrogens with two attached hydrogens (primary N) is 1. The first-order chi connectivity index (χ1) is 10.8. The van der Waals surface area contributed by atoms with Crippen LogP contribution in [0.5, 0.6) is 0 Å². The van der Waals surface area contributed by atoms with Crippen molar-refractivity contribution in [1.29, 1.82) is 0 Å². The molecule has 1 saturated carbocycles. The lowest BCUT2D eigenvalue weighted by Gasteiger charge is -2.32. The Kier molecular flexibility index (Phi) is 5.11. The molecule has 1 aromatic carbocycles. The molecule has 120 valence electrons. The van der Waals surface area contributed by atoms with E-state index in [2.05, 4.69) is 17.4 Å². The van der Waals surface area contributed by atoms with Gasteiger partial charge in [0.05, 0.1) is 12.0 Å². The summed E-state index contributed by atoms with van der Waals surface area (Å²) in [6, 6.07) is 10.3. The van der Waals surface area contributed by atoms with Crippen LogP contribution in [0.4, 0.5) is 0 Å². The summed E-state index contributed by atoms with van der Waals surface area (Å²) >= 11 is 0. The maximum Gasteiger partial charge on any atom is 0.226 e. The van der Waals surface area contributed by atoms with E-state index < -0.39 is 0 Å². The number of benzene rings is 1. The predicted octanol–water partition coefficient (Wildman–Crippen LogP) is 2.40. The molecule has 0 bridgehead atoms. The minimum atomic E-state index is -0.118. The maximum absolute atomic E-state index is 12.8. The number of amides is 1. The molecule has 2 aliphatic rings. The molecule has 1 aromatic rings. The minimum absolute atomic E-state index is 0.0878. The van der Waals surface area contributed by atoms with E-state index in [9.17, 15) is 4.79 Å². The van der Waals surface area contributed by atoms with Crippen molar-refractivity contribution in [2.24, 2.45) is 17.6 Å². The molecule has 1 saturated heterocycles. The molecule has 0 aromatic heterocycles. The number of hydrogen-bond donors (Lipinski definition) is 2. The normalized spacial score (nSPS) is 31.9. The lowest BCUT2D eigenvalue weighted by atomic mass is 9.88. The van der Waals surface area contributed by atoms with Gasteiger partial charge in [-0.15, -0.1) is 0 Å². The molecular formula is C18H26N2O2. The van der Waals surface area contributed by atoms with Crippen molar-refractivity contribution < 1.29 is 9.53 Å². The molecule has 1 heterocycles. The van der Waals surface area contributed by atoms with E-state index >= 15 is 0 Å². The van der Waals surface area contributed by atoms with Crippen molar-refractivity contribution >= 4 is 5.91 Å². The Morgan fingerprint density at radius 2 is 2.00 bits per heavy atom. The Bertz CT molecular complexity index is 491. The Labute approximate surface area is 132 Å². The number of ether oxygens (including phenoxy) is 1. The standard InChI is InChI=1S/C18H26N2O2/c19-12-14-8-4-10-16(14)20-18(21)15-9-5-11-22-17(15)13-6-2-1-3-7-13/h1-3,6-7,14-17H,4-5,8-12,19H2,(H,20,21). The van der Waals surface area contributed by atoms with Gasteiger partial charge in [0.25, 0.3) is 0 Å². The van der Waals surface area contributed by atoms with Gasteiger partial charge in [-0.1, -0.05) is 36.8 Å². The second-order valence-electron chi connectivity index (χ2n) is 6.49. The van der Waals surface area contributed by atoms with Gasteiger partial charge in [-0.25, -0.2) is 0 Å². The Hall–Kier alpha value is -1.39. The summed E-state index contributed by atoms with van der Waals surface area (Å²) in [5.74, 6) is 0.484. The minimum Gasteiger partial charge on any atom is -0.373 e. The van der Waals surface area contributed by atoms with Crippen molar-refractivity contribution in [3.8, 4) is 0 Å². The zero-order chi connectivity index (χ0) is 15.4. The molecule has 4 heteroatoms. The van der Waals surface area contributed by atoms with Gasteiger partial charge >= 0.3 is 0 Å². The van der Waals surface area contributed by atoms with Crippen LogP contribution in [-0.4, -0.2) is 25.1 Å². The molecular weight excluding hydrogens is 276 g/mol. The molecule has 3 rings (SSSR count). The van der Waals surface area contributed by atoms with E-state index in [0.29, 0.717) is 12.5 Å². The molecule has 3 N–H and O–H groups in total. The highest BCUT2D eigenvalue weighted by molar-refractivity contribution is 5.80. The van der Waals surface area contributed by atoms with Gasteiger partial charge in [0.1, 0.15) is 0 Å². The van der Waals surface area contributed by atoms with Gasteiger partial charge in [0, 0.05) is 12.6 Å². The Balaban J connectivity index is 1.69. The summed E-state index contributed by atoms with van der Waals surface area (Å²) < 4.78 is 5.93. The monoisotopic (exact) mass is 302 g/mol. The molecule has 0 radical (unpaired) electrons. The average Bonchev–Trinajstić information content (AvgIpc) is 3.03. The topological polar surface area (TPSA) is 64.3 Å². The van der Waals surface area contributed by atoms with Gasteiger partial charge in [-0.05, 0) is 43.7 Å². The zero-order valence-corrected chi connectivity index (χ0v) is 13.0. The van der Waals surface area contributed by atoms with E-state index in [0.717, 1.165) is 44.3 Å². The van der Waals surface area contributed by atoms with Crippen LogP contribution in [0, 0.1) is 11.8 Å². The van der Waals surface area contributed by atoms with Crippen LogP contribution in [0.25, 0.3) is 0 Å². The van der Waals surface area contributed by atoms with Crippen LogP contribution in [0.3, 0.4) is 0 Å². The summed E-state index contributed by atoms with van der Waals surface area (Å²) in [6.07, 6.45) is 5.07. The van der Waals surface area contributed by atoms with Gasteiger partial charge in [-0.2, -0.15) is 0 Å². The Morgan fingerprint density at radius 3 is 2.77 bits per heavy atom. The largest absolute Gasteiger partial charge is 0.373 e. The third-order valence-electron chi connectivity index (χ3n) is 5.08. The quantitative estimate of drug-likeness (QED) is 0.897. The van der Waals surface area contributed by atoms with E-state index in [1.54, 1.807) is 0 Å². The van der Waals surface area contributed by atoms with E-state index in [1.165, 1.54) is 0 Å². The first kappa shape index (κ1) is 15.5. The van der Waals surface area contributed by atoms with E-state index in [-0.39, 0.29) is 24.0 Å². The molecule has 4 nitrogen and oxygen atoms in total. The lowest BCUT2D eigenvalue weighted by Crippen LogP contribution is -2.45. The molecule has 4 atom stereocenters. The van der Waals surface area contributed by atoms with Crippen LogP contribution in [0.15, 0.2) is 30.3 Å². The van der Waals surface area contributed by atoms with Gasteiger partial charge in [0.2, 0.25) is 5.91 Å². The fourth-order valence-electron chi connectivity index (χ4n) is 3.82. The van der Waals surface area contributed by atoms with Crippen molar-refractivity contribution in [3.63, 3.8) is 0 Å². The van der Waals surface area contributed by atoms with Crippen molar-refractivity contribution in [2.45, 2.75) is 44.2 Å². The fraction of sp³-hybridized carbons (Fsp3) is 0.611. The van der Waals surface area contributed by atoms with Crippen molar-refractivity contribution in [1.82, 2.24) is 5.32 Å². The number of carbonyl (C=O) groups excluding carboxylic acids is 1. The molecule has 1 aliphatic heterocycles. The molecule has 2 fully saturated rings. The second kappa shape index (κ2) is 7.25. The van der Waals surface area contributed by atoms with Crippen LogP contribution in [0.2, 0.25) is 0 Å². The van der Waals surface area contributed by atoms with Crippen molar-refractivity contribution in [3.05, 3.63) is 35.9 Å². The fourth-order valence-corrected chi connectivity index (χ4v) is 3.82. The van der Waals surface area contributed by atoms with Gasteiger partial charge in [0.15, 0.2) is 0 Å². The smallest absolute Gasteiger partial charge is 0.226 e. The molecule has 22 heavy (non-hydrogen) atoms. The lowest BCUT2D eigenvalue weighted by molar-refractivity contribution is -0.135. The molecule has 4 unspecified atom stereocenters. The highest BCUT2D eigenvalue weighted by atomic mass is 16.5. The highest BCUT2D eigenvalue weighted by Gasteiger charge is 2.35. The summed E-state index contributed by atoms with van der Waals surface area (Å²) in [7, 11) is 0. The zero-order valence-electron chi connectivity index (χ0n) is 13.0. The Morgan fingerprint density at radius 1 is 1.18 bits per heavy atom. The van der Waals surface area contributed by atoms with Gasteiger partial charge in [-0.3, -0.25) is 4.79 Å². The summed E-state index contributed by atoms with van der Waals surface area (Å²) in [6.45, 7) is 1.40. The van der Waals surface area contributed by atoms with Gasteiger partial charge < -0.3 is 15.8 Å². The highest BCUT2D eigenvalue weighted by Crippen LogP contribution is 2.34. The first-order valence-corrected chi connectivity index (χ1v) is 8.46. The van der Waals surface area contributed by atoms with Crippen LogP contribution in [-0.2, 0) is 9.53 Å². The SMILES string of the molecule is NCC1CCCC1NC(=O)C1CCCOC1c1ccccc1. The summed E-state index contributed by atoms with van der Waals surface area (Å²) in [5, 5.41) is 3.25. The van der Waals surface area contributed by atoms with Crippen LogP contribution in [0.1, 0.15) is 43.8 Å². The number of rotatable bonds is 4. The number of nitrogens with one attached hydrogen (secondary N) is 1. The first-order valence-electron chi connectivity index (χ1n) is 8.46. The predicted molar refractivity (Wildman–Crippen MR) is 86.2 cm³/mol. The average molecular weight is 302 g/mol. The summed E-state index contributed by atoms with van der Waals surface area (Å²) in [5.41, 5.74) is 6.92. The molecule has 1 aliphatic carbocycles. The van der Waals surface area contributed by atoms with Crippen LogP contribution < -0.4 is 11.1 Å². The summed E-state index contributed by atoms with van der Waals surface area (Å²) in [4.78, 5) is 12.8. The van der Waals surface area contributed by atoms with E-state index in [1.807, 2.05) is 18.2 Å². The van der Waals surface area contributed by atoms with Crippen LogP contribution >= 0.6 is 0 Å². The molecule has 0 spiro atoms. The number of hydrogen-bond acceptors (Lipinski definition) is 3. The third kappa shape index (κ3) is 3.33. The second-order valence-corrected chi connectivity index (χ2v) is 6.49. The van der Waals surface area contributed by atoms with Crippen molar-refractivity contribution in [2.75, 3.05) is 13.2 Å². The third-order valence-corrected chi connectivity index (χ3v) is 5.08. The number of carbonyl (C=O) groups is 1. The maximum atomic E-state index is 12.8. The van der Waals surface area contributed by atoms with E-state index in [4.69, 9.17) is 10.5 Å². The molecule has 1 amide bonds.